The smallest absolute Gasteiger partial charge is 0.263 e. The number of carbonyl (C=O) groups is 1. The zero-order chi connectivity index (χ0) is 20.9. The molecular formula is C23H26N4O2S. The van der Waals surface area contributed by atoms with Gasteiger partial charge in [-0.2, -0.15) is 0 Å². The van der Waals surface area contributed by atoms with E-state index >= 15 is 0 Å². The largest absolute Gasteiger partial charge is 0.497 e. The molecule has 1 saturated heterocycles. The standard InChI is InChI=1S/C23H26N4O2S/c1-16-21(30-23(26-16)19-7-3-4-12-24-19)22(28)25-15-20(27-13-5-6-14-27)17-8-10-18(29-2)11-9-17/h3-4,7-12,20H,5-6,13-15H2,1-2H3,(H,25,28). The Morgan fingerprint density at radius 1 is 1.20 bits per heavy atom. The van der Waals surface area contributed by atoms with Crippen molar-refractivity contribution in [1.29, 1.82) is 0 Å². The second-order valence-electron chi connectivity index (χ2n) is 7.39. The molecule has 0 saturated carbocycles. The van der Waals surface area contributed by atoms with Crippen LogP contribution in [0.5, 0.6) is 5.75 Å². The molecule has 30 heavy (non-hydrogen) atoms. The van der Waals surface area contributed by atoms with Gasteiger partial charge in [-0.25, -0.2) is 4.98 Å². The number of carbonyl (C=O) groups excluding carboxylic acids is 1. The predicted molar refractivity (Wildman–Crippen MR) is 119 cm³/mol. The summed E-state index contributed by atoms with van der Waals surface area (Å²) < 4.78 is 5.29. The number of rotatable bonds is 7. The molecule has 4 rings (SSSR count). The Labute approximate surface area is 180 Å². The number of ether oxygens (including phenoxy) is 1. The lowest BCUT2D eigenvalue weighted by atomic mass is 10.1. The van der Waals surface area contributed by atoms with E-state index in [-0.39, 0.29) is 11.9 Å². The van der Waals surface area contributed by atoms with Crippen LogP contribution in [0.15, 0.2) is 48.7 Å². The minimum Gasteiger partial charge on any atom is -0.497 e. The zero-order valence-corrected chi connectivity index (χ0v) is 18.1. The van der Waals surface area contributed by atoms with Crippen molar-refractivity contribution in [3.05, 3.63) is 64.8 Å². The maximum Gasteiger partial charge on any atom is 0.263 e. The van der Waals surface area contributed by atoms with Crippen molar-refractivity contribution in [2.75, 3.05) is 26.7 Å². The Kier molecular flexibility index (Phi) is 6.40. The van der Waals surface area contributed by atoms with Gasteiger partial charge in [0.2, 0.25) is 0 Å². The molecule has 1 fully saturated rings. The number of aryl methyl sites for hydroxylation is 1. The molecule has 1 unspecified atom stereocenters. The van der Waals surface area contributed by atoms with Crippen molar-refractivity contribution < 1.29 is 9.53 Å². The number of nitrogens with one attached hydrogen (secondary N) is 1. The number of pyridine rings is 1. The van der Waals surface area contributed by atoms with Crippen molar-refractivity contribution in [2.24, 2.45) is 0 Å². The molecule has 1 amide bonds. The summed E-state index contributed by atoms with van der Waals surface area (Å²) in [6.45, 7) is 4.53. The molecule has 1 aromatic carbocycles. The van der Waals surface area contributed by atoms with Gasteiger partial charge in [0.25, 0.3) is 5.91 Å². The van der Waals surface area contributed by atoms with Crippen LogP contribution in [0.4, 0.5) is 0 Å². The lowest BCUT2D eigenvalue weighted by molar-refractivity contribution is 0.0941. The van der Waals surface area contributed by atoms with E-state index in [0.29, 0.717) is 11.4 Å². The highest BCUT2D eigenvalue weighted by molar-refractivity contribution is 7.17. The molecule has 0 spiro atoms. The highest BCUT2D eigenvalue weighted by Crippen LogP contribution is 2.28. The molecular weight excluding hydrogens is 396 g/mol. The summed E-state index contributed by atoms with van der Waals surface area (Å²) in [6, 6.07) is 14.0. The molecule has 1 aliphatic rings. The number of amides is 1. The average Bonchev–Trinajstić information content (AvgIpc) is 3.45. The number of aromatic nitrogens is 2. The minimum atomic E-state index is -0.0788. The van der Waals surface area contributed by atoms with Gasteiger partial charge in [0, 0.05) is 12.7 Å². The van der Waals surface area contributed by atoms with Crippen LogP contribution in [0.1, 0.15) is 39.8 Å². The predicted octanol–water partition coefficient (Wildman–Crippen LogP) is 4.09. The number of benzene rings is 1. The summed E-state index contributed by atoms with van der Waals surface area (Å²) in [5.74, 6) is 0.759. The second-order valence-corrected chi connectivity index (χ2v) is 8.39. The van der Waals surface area contributed by atoms with Crippen LogP contribution < -0.4 is 10.1 Å². The summed E-state index contributed by atoms with van der Waals surface area (Å²) in [4.78, 5) is 24.9. The number of hydrogen-bond acceptors (Lipinski definition) is 6. The van der Waals surface area contributed by atoms with Crippen LogP contribution >= 0.6 is 11.3 Å². The summed E-state index contributed by atoms with van der Waals surface area (Å²) in [7, 11) is 1.67. The topological polar surface area (TPSA) is 67.3 Å². The fraction of sp³-hybridized carbons (Fsp3) is 0.348. The van der Waals surface area contributed by atoms with Crippen LogP contribution in [0, 0.1) is 6.92 Å². The average molecular weight is 423 g/mol. The van der Waals surface area contributed by atoms with Crippen molar-refractivity contribution in [2.45, 2.75) is 25.8 Å². The van der Waals surface area contributed by atoms with E-state index in [4.69, 9.17) is 4.74 Å². The summed E-state index contributed by atoms with van der Waals surface area (Å²) in [5, 5.41) is 3.91. The third kappa shape index (κ3) is 4.52. The van der Waals surface area contributed by atoms with Crippen molar-refractivity contribution in [3.8, 4) is 16.5 Å². The van der Waals surface area contributed by atoms with Crippen LogP contribution in [0.3, 0.4) is 0 Å². The molecule has 1 atom stereocenters. The first-order valence-corrected chi connectivity index (χ1v) is 11.0. The van der Waals surface area contributed by atoms with Gasteiger partial charge in [0.1, 0.15) is 15.6 Å². The highest BCUT2D eigenvalue weighted by atomic mass is 32.1. The molecule has 1 aliphatic heterocycles. The third-order valence-electron chi connectivity index (χ3n) is 5.42. The van der Waals surface area contributed by atoms with Gasteiger partial charge in [0.05, 0.1) is 24.5 Å². The summed E-state index contributed by atoms with van der Waals surface area (Å²) in [5.41, 5.74) is 2.71. The van der Waals surface area contributed by atoms with Crippen molar-refractivity contribution in [1.82, 2.24) is 20.2 Å². The molecule has 2 aromatic heterocycles. The van der Waals surface area contributed by atoms with E-state index in [1.165, 1.54) is 29.7 Å². The first kappa shape index (κ1) is 20.5. The van der Waals surface area contributed by atoms with E-state index < -0.39 is 0 Å². The van der Waals surface area contributed by atoms with Gasteiger partial charge in [-0.05, 0) is 62.7 Å². The van der Waals surface area contributed by atoms with E-state index in [0.717, 1.165) is 35.2 Å². The number of nitrogens with zero attached hydrogens (tertiary/aromatic N) is 3. The van der Waals surface area contributed by atoms with Crippen LogP contribution in [-0.4, -0.2) is 47.5 Å². The van der Waals surface area contributed by atoms with E-state index in [2.05, 4.69) is 32.3 Å². The molecule has 6 nitrogen and oxygen atoms in total. The molecule has 3 heterocycles. The molecule has 1 N–H and O–H groups in total. The lowest BCUT2D eigenvalue weighted by Crippen LogP contribution is -2.36. The molecule has 0 aliphatic carbocycles. The van der Waals surface area contributed by atoms with E-state index in [1.807, 2.05) is 37.3 Å². The zero-order valence-electron chi connectivity index (χ0n) is 17.3. The van der Waals surface area contributed by atoms with Gasteiger partial charge in [-0.15, -0.1) is 11.3 Å². The van der Waals surface area contributed by atoms with Gasteiger partial charge in [0.15, 0.2) is 0 Å². The second kappa shape index (κ2) is 9.36. The minimum absolute atomic E-state index is 0.0788. The van der Waals surface area contributed by atoms with E-state index in [1.54, 1.807) is 13.3 Å². The molecule has 3 aromatic rings. The van der Waals surface area contributed by atoms with Crippen LogP contribution in [0.25, 0.3) is 10.7 Å². The Bertz CT molecular complexity index is 982. The normalized spacial score (nSPS) is 15.1. The lowest BCUT2D eigenvalue weighted by Gasteiger charge is -2.28. The van der Waals surface area contributed by atoms with Gasteiger partial charge < -0.3 is 10.1 Å². The fourth-order valence-electron chi connectivity index (χ4n) is 3.81. The summed E-state index contributed by atoms with van der Waals surface area (Å²) >= 11 is 1.39. The number of thiazole rings is 1. The number of likely N-dealkylation sites (tertiary alicyclic amines) is 1. The third-order valence-corrected chi connectivity index (χ3v) is 6.60. The maximum absolute atomic E-state index is 13.0. The fourth-order valence-corrected chi connectivity index (χ4v) is 4.77. The van der Waals surface area contributed by atoms with Gasteiger partial charge in [-0.1, -0.05) is 18.2 Å². The van der Waals surface area contributed by atoms with Gasteiger partial charge in [-0.3, -0.25) is 14.7 Å². The first-order valence-electron chi connectivity index (χ1n) is 10.2. The highest BCUT2D eigenvalue weighted by Gasteiger charge is 2.25. The Morgan fingerprint density at radius 3 is 2.63 bits per heavy atom. The van der Waals surface area contributed by atoms with E-state index in [9.17, 15) is 4.79 Å². The summed E-state index contributed by atoms with van der Waals surface area (Å²) in [6.07, 6.45) is 4.13. The number of methoxy groups -OCH3 is 1. The van der Waals surface area contributed by atoms with Gasteiger partial charge >= 0.3 is 0 Å². The van der Waals surface area contributed by atoms with Crippen LogP contribution in [0.2, 0.25) is 0 Å². The SMILES string of the molecule is COc1ccc(C(CNC(=O)c2sc(-c3ccccn3)nc2C)N2CCCC2)cc1. The molecule has 7 heteroatoms. The van der Waals surface area contributed by atoms with Crippen molar-refractivity contribution in [3.63, 3.8) is 0 Å². The number of hydrogen-bond donors (Lipinski definition) is 1. The van der Waals surface area contributed by atoms with Crippen molar-refractivity contribution >= 4 is 17.2 Å². The Morgan fingerprint density at radius 2 is 1.97 bits per heavy atom. The van der Waals surface area contributed by atoms with Crippen LogP contribution in [-0.2, 0) is 0 Å². The molecule has 0 radical (unpaired) electrons. The quantitative estimate of drug-likeness (QED) is 0.621. The monoisotopic (exact) mass is 422 g/mol. The Hall–Kier alpha value is -2.77. The maximum atomic E-state index is 13.0. The molecule has 0 bridgehead atoms. The molecule has 156 valence electrons. The Balaban J connectivity index is 1.49. The first-order chi connectivity index (χ1) is 14.7.